The Morgan fingerprint density at radius 1 is 0.867 bits per heavy atom. The smallest absolute Gasteiger partial charge is 0.157 e. The molecule has 0 bridgehead atoms. The summed E-state index contributed by atoms with van der Waals surface area (Å²) < 4.78 is 24.6. The van der Waals surface area contributed by atoms with Crippen molar-refractivity contribution in [2.75, 3.05) is 0 Å². The molecule has 0 aromatic rings. The molecule has 2 N–H and O–H groups in total. The van der Waals surface area contributed by atoms with Gasteiger partial charge in [-0.15, -0.1) is 0 Å². The molecule has 0 aliphatic heterocycles. The third kappa shape index (κ3) is 2.21. The van der Waals surface area contributed by atoms with Gasteiger partial charge in [0.05, 0.1) is 10.5 Å². The first-order valence-electron chi connectivity index (χ1n) is 6.10. The average molecular weight is 231 g/mol. The third-order valence-electron chi connectivity index (χ3n) is 3.94. The van der Waals surface area contributed by atoms with Gasteiger partial charge in [0.15, 0.2) is 9.84 Å². The Hall–Kier alpha value is -0.0900. The van der Waals surface area contributed by atoms with Crippen molar-refractivity contribution in [3.8, 4) is 0 Å². The minimum Gasteiger partial charge on any atom is -0.327 e. The van der Waals surface area contributed by atoms with Gasteiger partial charge in [-0.25, -0.2) is 8.42 Å². The molecule has 0 spiro atoms. The Bertz CT molecular complexity index is 307. The fourth-order valence-corrected chi connectivity index (χ4v) is 5.61. The molecule has 2 unspecified atom stereocenters. The van der Waals surface area contributed by atoms with Crippen LogP contribution in [0.25, 0.3) is 0 Å². The van der Waals surface area contributed by atoms with Crippen molar-refractivity contribution in [2.24, 2.45) is 5.73 Å². The standard InChI is InChI=1S/C11H21NO2S/c12-10-7-4-8-11(10)15(13,14)9-5-2-1-3-6-9/h9-11H,1-8,12H2. The van der Waals surface area contributed by atoms with Gasteiger partial charge in [0.1, 0.15) is 0 Å². The van der Waals surface area contributed by atoms with E-state index in [1.807, 2.05) is 0 Å². The second-order valence-electron chi connectivity index (χ2n) is 4.98. The Morgan fingerprint density at radius 2 is 1.53 bits per heavy atom. The van der Waals surface area contributed by atoms with Gasteiger partial charge in [-0.05, 0) is 25.7 Å². The molecule has 2 aliphatic rings. The van der Waals surface area contributed by atoms with E-state index in [0.29, 0.717) is 0 Å². The Balaban J connectivity index is 2.10. The molecule has 4 heteroatoms. The zero-order chi connectivity index (χ0) is 10.9. The van der Waals surface area contributed by atoms with E-state index in [1.54, 1.807) is 0 Å². The van der Waals surface area contributed by atoms with Gasteiger partial charge in [0, 0.05) is 6.04 Å². The minimum absolute atomic E-state index is 0.0830. The lowest BCUT2D eigenvalue weighted by molar-refractivity contribution is 0.474. The number of hydrogen-bond acceptors (Lipinski definition) is 3. The maximum absolute atomic E-state index is 12.3. The summed E-state index contributed by atoms with van der Waals surface area (Å²) in [5.41, 5.74) is 5.89. The van der Waals surface area contributed by atoms with Gasteiger partial charge < -0.3 is 5.73 Å². The normalized spacial score (nSPS) is 34.5. The highest BCUT2D eigenvalue weighted by atomic mass is 32.2. The predicted octanol–water partition coefficient (Wildman–Crippen LogP) is 1.61. The maximum atomic E-state index is 12.3. The maximum Gasteiger partial charge on any atom is 0.157 e. The van der Waals surface area contributed by atoms with Crippen LogP contribution in [0, 0.1) is 0 Å². The summed E-state index contributed by atoms with van der Waals surface area (Å²) in [6.45, 7) is 0. The van der Waals surface area contributed by atoms with Gasteiger partial charge in [-0.3, -0.25) is 0 Å². The van der Waals surface area contributed by atoms with Crippen molar-refractivity contribution in [1.29, 1.82) is 0 Å². The lowest BCUT2D eigenvalue weighted by Gasteiger charge is -2.26. The summed E-state index contributed by atoms with van der Waals surface area (Å²) >= 11 is 0. The van der Waals surface area contributed by atoms with Crippen LogP contribution < -0.4 is 5.73 Å². The van der Waals surface area contributed by atoms with Gasteiger partial charge in [0.25, 0.3) is 0 Å². The SMILES string of the molecule is NC1CCCC1S(=O)(=O)C1CCCCC1. The highest BCUT2D eigenvalue weighted by Crippen LogP contribution is 2.32. The predicted molar refractivity (Wildman–Crippen MR) is 61.4 cm³/mol. The first kappa shape index (κ1) is 11.4. The van der Waals surface area contributed by atoms with Crippen LogP contribution in [0.5, 0.6) is 0 Å². The first-order valence-corrected chi connectivity index (χ1v) is 7.71. The van der Waals surface area contributed by atoms with Gasteiger partial charge in [0.2, 0.25) is 0 Å². The topological polar surface area (TPSA) is 60.2 Å². The van der Waals surface area contributed by atoms with E-state index in [4.69, 9.17) is 5.73 Å². The summed E-state index contributed by atoms with van der Waals surface area (Å²) in [4.78, 5) is 0. The second-order valence-corrected chi connectivity index (χ2v) is 7.43. The monoisotopic (exact) mass is 231 g/mol. The minimum atomic E-state index is -2.94. The molecule has 2 fully saturated rings. The van der Waals surface area contributed by atoms with E-state index in [0.717, 1.165) is 44.9 Å². The van der Waals surface area contributed by atoms with E-state index >= 15 is 0 Å². The van der Waals surface area contributed by atoms with Crippen molar-refractivity contribution >= 4 is 9.84 Å². The number of nitrogens with two attached hydrogens (primary N) is 1. The lowest BCUT2D eigenvalue weighted by Crippen LogP contribution is -2.41. The highest BCUT2D eigenvalue weighted by Gasteiger charge is 2.40. The van der Waals surface area contributed by atoms with Crippen molar-refractivity contribution < 1.29 is 8.42 Å². The van der Waals surface area contributed by atoms with Crippen LogP contribution in [0.15, 0.2) is 0 Å². The number of sulfone groups is 1. The molecule has 0 aromatic heterocycles. The molecule has 2 aliphatic carbocycles. The second kappa shape index (κ2) is 4.42. The highest BCUT2D eigenvalue weighted by molar-refractivity contribution is 7.92. The van der Waals surface area contributed by atoms with Crippen LogP contribution in [-0.2, 0) is 9.84 Å². The third-order valence-corrected chi connectivity index (χ3v) is 6.77. The zero-order valence-electron chi connectivity index (χ0n) is 9.19. The van der Waals surface area contributed by atoms with Crippen LogP contribution in [0.1, 0.15) is 51.4 Å². The van der Waals surface area contributed by atoms with Gasteiger partial charge in [-0.2, -0.15) is 0 Å². The largest absolute Gasteiger partial charge is 0.327 e. The van der Waals surface area contributed by atoms with E-state index in [2.05, 4.69) is 0 Å². The molecule has 2 rings (SSSR count). The van der Waals surface area contributed by atoms with Crippen LogP contribution in [0.4, 0.5) is 0 Å². The zero-order valence-corrected chi connectivity index (χ0v) is 10.0. The van der Waals surface area contributed by atoms with E-state index < -0.39 is 9.84 Å². The number of rotatable bonds is 2. The molecule has 0 aromatic carbocycles. The lowest BCUT2D eigenvalue weighted by atomic mass is 10.0. The number of hydrogen-bond donors (Lipinski definition) is 1. The molecular weight excluding hydrogens is 210 g/mol. The fourth-order valence-electron chi connectivity index (χ4n) is 3.00. The average Bonchev–Trinajstić information content (AvgIpc) is 2.66. The molecule has 0 amide bonds. The molecule has 3 nitrogen and oxygen atoms in total. The summed E-state index contributed by atoms with van der Waals surface area (Å²) in [5, 5.41) is -0.319. The van der Waals surface area contributed by atoms with Crippen LogP contribution >= 0.6 is 0 Å². The molecule has 88 valence electrons. The van der Waals surface area contributed by atoms with Crippen molar-refractivity contribution in [3.05, 3.63) is 0 Å². The van der Waals surface area contributed by atoms with Gasteiger partial charge >= 0.3 is 0 Å². The molecule has 0 radical (unpaired) electrons. The molecule has 2 saturated carbocycles. The van der Waals surface area contributed by atoms with E-state index in [-0.39, 0.29) is 16.5 Å². The molecular formula is C11H21NO2S. The molecule has 15 heavy (non-hydrogen) atoms. The summed E-state index contributed by atoms with van der Waals surface area (Å²) in [6.07, 6.45) is 7.74. The quantitative estimate of drug-likeness (QED) is 0.785. The summed E-state index contributed by atoms with van der Waals surface area (Å²) in [6, 6.07) is -0.100. The summed E-state index contributed by atoms with van der Waals surface area (Å²) in [7, 11) is -2.94. The van der Waals surface area contributed by atoms with E-state index in [9.17, 15) is 8.42 Å². The van der Waals surface area contributed by atoms with Crippen molar-refractivity contribution in [1.82, 2.24) is 0 Å². The van der Waals surface area contributed by atoms with Crippen LogP contribution in [0.3, 0.4) is 0 Å². The molecule has 0 saturated heterocycles. The fraction of sp³-hybridized carbons (Fsp3) is 1.00. The Kier molecular flexibility index (Phi) is 3.36. The molecule has 2 atom stereocenters. The Morgan fingerprint density at radius 3 is 2.07 bits per heavy atom. The van der Waals surface area contributed by atoms with Crippen LogP contribution in [0.2, 0.25) is 0 Å². The van der Waals surface area contributed by atoms with E-state index in [1.165, 1.54) is 6.42 Å². The van der Waals surface area contributed by atoms with Crippen molar-refractivity contribution in [2.45, 2.75) is 67.9 Å². The summed E-state index contributed by atoms with van der Waals surface area (Å²) in [5.74, 6) is 0. The molecule has 0 heterocycles. The first-order chi connectivity index (χ1) is 7.12. The Labute approximate surface area is 92.3 Å². The van der Waals surface area contributed by atoms with Crippen molar-refractivity contribution in [3.63, 3.8) is 0 Å². The van der Waals surface area contributed by atoms with Crippen LogP contribution in [-0.4, -0.2) is 25.0 Å². The van der Waals surface area contributed by atoms with Gasteiger partial charge in [-0.1, -0.05) is 25.7 Å².